The Kier molecular flexibility index (Phi) is 6.29. The first kappa shape index (κ1) is 22.7. The molecule has 0 aliphatic carbocycles. The van der Waals surface area contributed by atoms with Gasteiger partial charge in [0.05, 0.1) is 17.2 Å². The number of aromatic hydroxyl groups is 1. The van der Waals surface area contributed by atoms with Gasteiger partial charge in [-0.25, -0.2) is 0 Å². The summed E-state index contributed by atoms with van der Waals surface area (Å²) in [6.07, 6.45) is 0.688. The van der Waals surface area contributed by atoms with Crippen molar-refractivity contribution in [3.8, 4) is 5.75 Å². The standard InChI is InChI=1S/C26H35NO2S/c1-17(19-11-9-8-10-12-19)27-16-30-22(24(27)29)15-18-13-20(25(2,3)4)23(28)21(14-18)26(5,6)7/h8-14,17,22,28H,15-16H2,1-7H3/t17-,22+/m1/s1. The zero-order valence-electron chi connectivity index (χ0n) is 19.3. The third kappa shape index (κ3) is 4.69. The number of hydrogen-bond donors (Lipinski definition) is 1. The molecule has 3 rings (SSSR count). The smallest absolute Gasteiger partial charge is 0.237 e. The summed E-state index contributed by atoms with van der Waals surface area (Å²) >= 11 is 1.72. The molecule has 1 aliphatic heterocycles. The Bertz CT molecular complexity index is 874. The SMILES string of the molecule is C[C@H](c1ccccc1)N1CS[C@@H](Cc2cc(C(C)(C)C)c(O)c(C(C)(C)C)c2)C1=O. The van der Waals surface area contributed by atoms with Gasteiger partial charge in [0.1, 0.15) is 5.75 Å². The second-order valence-corrected chi connectivity index (χ2v) is 11.6. The Labute approximate surface area is 185 Å². The van der Waals surface area contributed by atoms with E-state index >= 15 is 0 Å². The summed E-state index contributed by atoms with van der Waals surface area (Å²) < 4.78 is 0. The van der Waals surface area contributed by atoms with Crippen molar-refractivity contribution in [3.63, 3.8) is 0 Å². The molecule has 2 aromatic rings. The molecule has 0 unspecified atom stereocenters. The quantitative estimate of drug-likeness (QED) is 0.635. The van der Waals surface area contributed by atoms with E-state index in [2.05, 4.69) is 72.7 Å². The minimum absolute atomic E-state index is 0.0753. The molecule has 1 heterocycles. The number of carbonyl (C=O) groups excluding carboxylic acids is 1. The Hall–Kier alpha value is -1.94. The van der Waals surface area contributed by atoms with Crippen LogP contribution in [0, 0.1) is 0 Å². The minimum Gasteiger partial charge on any atom is -0.507 e. The highest BCUT2D eigenvalue weighted by Crippen LogP contribution is 2.41. The fourth-order valence-corrected chi connectivity index (χ4v) is 5.30. The maximum absolute atomic E-state index is 13.2. The highest BCUT2D eigenvalue weighted by atomic mass is 32.2. The van der Waals surface area contributed by atoms with Gasteiger partial charge in [0.25, 0.3) is 0 Å². The Balaban J connectivity index is 1.87. The van der Waals surface area contributed by atoms with Gasteiger partial charge in [0.15, 0.2) is 0 Å². The molecule has 2 atom stereocenters. The fraction of sp³-hybridized carbons (Fsp3) is 0.500. The van der Waals surface area contributed by atoms with Crippen LogP contribution < -0.4 is 0 Å². The summed E-state index contributed by atoms with van der Waals surface area (Å²) in [7, 11) is 0. The molecule has 4 heteroatoms. The van der Waals surface area contributed by atoms with E-state index in [-0.39, 0.29) is 28.0 Å². The zero-order chi connectivity index (χ0) is 22.3. The Morgan fingerprint density at radius 2 is 1.57 bits per heavy atom. The molecule has 2 aromatic carbocycles. The highest BCUT2D eigenvalue weighted by molar-refractivity contribution is 8.01. The number of phenols is 1. The summed E-state index contributed by atoms with van der Waals surface area (Å²) in [6.45, 7) is 14.8. The molecule has 0 spiro atoms. The Morgan fingerprint density at radius 1 is 1.03 bits per heavy atom. The van der Waals surface area contributed by atoms with E-state index in [4.69, 9.17) is 0 Å². The first-order valence-corrected chi connectivity index (χ1v) is 11.8. The van der Waals surface area contributed by atoms with Crippen molar-refractivity contribution in [2.75, 3.05) is 5.88 Å². The minimum atomic E-state index is -0.166. The van der Waals surface area contributed by atoms with Crippen LogP contribution in [0.15, 0.2) is 42.5 Å². The highest BCUT2D eigenvalue weighted by Gasteiger charge is 2.36. The van der Waals surface area contributed by atoms with Gasteiger partial charge in [-0.2, -0.15) is 0 Å². The number of carbonyl (C=O) groups is 1. The normalized spacial score (nSPS) is 18.7. The monoisotopic (exact) mass is 425 g/mol. The summed E-state index contributed by atoms with van der Waals surface area (Å²) in [4.78, 5) is 15.2. The maximum Gasteiger partial charge on any atom is 0.237 e. The molecule has 30 heavy (non-hydrogen) atoms. The van der Waals surface area contributed by atoms with Gasteiger partial charge in [-0.1, -0.05) is 84.0 Å². The topological polar surface area (TPSA) is 40.5 Å². The second-order valence-electron chi connectivity index (χ2n) is 10.4. The number of thioether (sulfide) groups is 1. The van der Waals surface area contributed by atoms with Crippen molar-refractivity contribution >= 4 is 17.7 Å². The Morgan fingerprint density at radius 3 is 2.07 bits per heavy atom. The molecule has 1 amide bonds. The number of benzene rings is 2. The number of hydrogen-bond acceptors (Lipinski definition) is 3. The number of amides is 1. The van der Waals surface area contributed by atoms with E-state index in [9.17, 15) is 9.90 Å². The first-order chi connectivity index (χ1) is 13.9. The molecular weight excluding hydrogens is 390 g/mol. The molecule has 162 valence electrons. The van der Waals surface area contributed by atoms with E-state index in [0.717, 1.165) is 22.6 Å². The van der Waals surface area contributed by atoms with Gasteiger partial charge in [0, 0.05) is 0 Å². The lowest BCUT2D eigenvalue weighted by Crippen LogP contribution is -2.32. The van der Waals surface area contributed by atoms with Gasteiger partial charge in [-0.3, -0.25) is 4.79 Å². The van der Waals surface area contributed by atoms with Gasteiger partial charge >= 0.3 is 0 Å². The fourth-order valence-electron chi connectivity index (χ4n) is 4.02. The van der Waals surface area contributed by atoms with Crippen LogP contribution in [-0.2, 0) is 22.0 Å². The lowest BCUT2D eigenvalue weighted by atomic mass is 9.78. The predicted octanol–water partition coefficient (Wildman–Crippen LogP) is 6.19. The number of nitrogens with zero attached hydrogens (tertiary/aromatic N) is 1. The summed E-state index contributed by atoms with van der Waals surface area (Å²) in [5.41, 5.74) is 3.87. The van der Waals surface area contributed by atoms with Crippen molar-refractivity contribution in [2.45, 2.75) is 77.0 Å². The van der Waals surface area contributed by atoms with Gasteiger partial charge < -0.3 is 10.0 Å². The molecule has 3 nitrogen and oxygen atoms in total. The lowest BCUT2D eigenvalue weighted by molar-refractivity contribution is -0.130. The van der Waals surface area contributed by atoms with Crippen LogP contribution in [-0.4, -0.2) is 27.0 Å². The lowest BCUT2D eigenvalue weighted by Gasteiger charge is -2.28. The van der Waals surface area contributed by atoms with Crippen molar-refractivity contribution in [1.29, 1.82) is 0 Å². The van der Waals surface area contributed by atoms with Crippen molar-refractivity contribution in [1.82, 2.24) is 4.90 Å². The molecule has 0 aromatic heterocycles. The molecule has 1 fully saturated rings. The third-order valence-corrected chi connectivity index (χ3v) is 7.13. The van der Waals surface area contributed by atoms with Crippen molar-refractivity contribution < 1.29 is 9.90 Å². The number of phenolic OH excluding ortho intramolecular Hbond substituents is 1. The second kappa shape index (κ2) is 8.30. The average molecular weight is 426 g/mol. The van der Waals surface area contributed by atoms with E-state index < -0.39 is 0 Å². The molecule has 1 N–H and O–H groups in total. The van der Waals surface area contributed by atoms with Gasteiger partial charge in [-0.15, -0.1) is 11.8 Å². The van der Waals surface area contributed by atoms with E-state index in [1.807, 2.05) is 23.1 Å². The summed E-state index contributed by atoms with van der Waals surface area (Å²) in [6, 6.07) is 14.5. The molecule has 0 radical (unpaired) electrons. The largest absolute Gasteiger partial charge is 0.507 e. The van der Waals surface area contributed by atoms with Crippen LogP contribution >= 0.6 is 11.8 Å². The molecule has 1 aliphatic rings. The first-order valence-electron chi connectivity index (χ1n) is 10.7. The molecule has 1 saturated heterocycles. The van der Waals surface area contributed by atoms with E-state index in [0.29, 0.717) is 12.2 Å². The maximum atomic E-state index is 13.2. The summed E-state index contributed by atoms with van der Waals surface area (Å²) in [5.74, 6) is 1.32. The van der Waals surface area contributed by atoms with E-state index in [1.165, 1.54) is 5.56 Å². The zero-order valence-corrected chi connectivity index (χ0v) is 20.1. The van der Waals surface area contributed by atoms with Crippen molar-refractivity contribution in [3.05, 3.63) is 64.7 Å². The molecule has 0 saturated carbocycles. The van der Waals surface area contributed by atoms with E-state index in [1.54, 1.807) is 11.8 Å². The van der Waals surface area contributed by atoms with Gasteiger partial charge in [-0.05, 0) is 46.4 Å². The van der Waals surface area contributed by atoms with Crippen LogP contribution in [0.1, 0.15) is 76.8 Å². The van der Waals surface area contributed by atoms with Crippen LogP contribution in [0.25, 0.3) is 0 Å². The molecular formula is C26H35NO2S. The van der Waals surface area contributed by atoms with Crippen molar-refractivity contribution in [2.24, 2.45) is 0 Å². The average Bonchev–Trinajstić information content (AvgIpc) is 3.01. The predicted molar refractivity (Wildman–Crippen MR) is 127 cm³/mol. The molecule has 0 bridgehead atoms. The van der Waals surface area contributed by atoms with Crippen LogP contribution in [0.3, 0.4) is 0 Å². The van der Waals surface area contributed by atoms with Crippen LogP contribution in [0.4, 0.5) is 0 Å². The third-order valence-electron chi connectivity index (χ3n) is 5.93. The summed E-state index contributed by atoms with van der Waals surface area (Å²) in [5, 5.41) is 10.9. The van der Waals surface area contributed by atoms with Crippen LogP contribution in [0.2, 0.25) is 0 Å². The van der Waals surface area contributed by atoms with Crippen LogP contribution in [0.5, 0.6) is 5.75 Å². The number of rotatable bonds is 4. The van der Waals surface area contributed by atoms with Gasteiger partial charge in [0.2, 0.25) is 5.91 Å².